The second-order valence-corrected chi connectivity index (χ2v) is 15.5. The van der Waals surface area contributed by atoms with Gasteiger partial charge in [0.2, 0.25) is 5.95 Å². The third-order valence-electron chi connectivity index (χ3n) is 11.0. The molecule has 0 saturated heterocycles. The van der Waals surface area contributed by atoms with Gasteiger partial charge >= 0.3 is 0 Å². The smallest absolute Gasteiger partial charge is 0.238 e. The summed E-state index contributed by atoms with van der Waals surface area (Å²) >= 11 is 3.78. The number of nitrogens with zero attached hydrogens (tertiary/aromatic N) is 4. The van der Waals surface area contributed by atoms with Crippen LogP contribution < -0.4 is 0 Å². The van der Waals surface area contributed by atoms with Crippen molar-refractivity contribution in [3.8, 4) is 39.6 Å². The van der Waals surface area contributed by atoms with E-state index in [2.05, 4.69) is 186 Å². The quantitative estimate of drug-likeness (QED) is 0.176. The number of rotatable bonds is 5. The minimum atomic E-state index is -0.153. The minimum Gasteiger partial charge on any atom is -0.278 e. The largest absolute Gasteiger partial charge is 0.278 e. The van der Waals surface area contributed by atoms with Gasteiger partial charge in [0.05, 0.1) is 11.0 Å². The molecule has 6 aromatic carbocycles. The molecule has 0 bridgehead atoms. The normalized spacial score (nSPS) is 15.8. The molecule has 2 aliphatic rings. The van der Waals surface area contributed by atoms with Gasteiger partial charge in [-0.15, -0.1) is 0 Å². The highest BCUT2D eigenvalue weighted by molar-refractivity contribution is 9.10. The lowest BCUT2D eigenvalue weighted by atomic mass is 9.82. The van der Waals surface area contributed by atoms with Gasteiger partial charge in [-0.3, -0.25) is 4.57 Å². The van der Waals surface area contributed by atoms with Gasteiger partial charge in [0.25, 0.3) is 0 Å². The van der Waals surface area contributed by atoms with Gasteiger partial charge < -0.3 is 0 Å². The maximum absolute atomic E-state index is 5.34. The lowest BCUT2D eigenvalue weighted by Gasteiger charge is -2.21. The summed E-state index contributed by atoms with van der Waals surface area (Å²) in [5.41, 5.74) is 12.7. The van der Waals surface area contributed by atoms with E-state index in [1.807, 2.05) is 6.07 Å². The Morgan fingerprint density at radius 1 is 0.604 bits per heavy atom. The molecule has 8 aromatic rings. The highest BCUT2D eigenvalue weighted by atomic mass is 79.9. The van der Waals surface area contributed by atoms with E-state index in [0.717, 1.165) is 49.6 Å². The molecule has 0 saturated carbocycles. The topological polar surface area (TPSA) is 43.6 Å². The Morgan fingerprint density at radius 3 is 2.17 bits per heavy atom. The van der Waals surface area contributed by atoms with E-state index in [1.165, 1.54) is 33.2 Å². The standard InChI is InChI=1S/C48H35BrN4/c1-48(2)41-22-10-9-21-37(41)38-28-40-39-27-36(49)23-24-43(39)53(44(40)29-42(38)48)47-51-45(34-19-11-17-32(25-34)30-13-5-3-6-14-30)50-46(52-47)35-20-12-18-33(26-35)31-15-7-4-8-16-31/h3-17,19-29,33H,18H2,1-2H3. The van der Waals surface area contributed by atoms with Gasteiger partial charge in [-0.2, -0.15) is 9.97 Å². The summed E-state index contributed by atoms with van der Waals surface area (Å²) in [6.07, 6.45) is 7.65. The first kappa shape index (κ1) is 31.8. The Hall–Kier alpha value is -5.91. The third kappa shape index (κ3) is 5.29. The van der Waals surface area contributed by atoms with E-state index in [0.29, 0.717) is 17.6 Å². The molecule has 4 nitrogen and oxygen atoms in total. The molecule has 254 valence electrons. The van der Waals surface area contributed by atoms with Crippen LogP contribution in [0.25, 0.3) is 67.0 Å². The van der Waals surface area contributed by atoms with Crippen LogP contribution in [0.2, 0.25) is 0 Å². The van der Waals surface area contributed by atoms with E-state index in [9.17, 15) is 0 Å². The van der Waals surface area contributed by atoms with E-state index in [4.69, 9.17) is 15.0 Å². The summed E-state index contributed by atoms with van der Waals surface area (Å²) in [5, 5.41) is 2.32. The fraction of sp³-hybridized carbons (Fsp3) is 0.104. The first-order chi connectivity index (χ1) is 25.9. The summed E-state index contributed by atoms with van der Waals surface area (Å²) in [7, 11) is 0. The maximum Gasteiger partial charge on any atom is 0.238 e. The SMILES string of the molecule is CC1(C)c2ccccc2-c2cc3c4cc(Br)ccc4n(-c4nc(C5=CC(c6ccccc6)CC=C5)nc(-c5cccc(-c6ccccc6)c5)n4)c3cc21. The van der Waals surface area contributed by atoms with Gasteiger partial charge in [-0.1, -0.05) is 151 Å². The monoisotopic (exact) mass is 746 g/mol. The van der Waals surface area contributed by atoms with Crippen molar-refractivity contribution in [3.05, 3.63) is 185 Å². The molecular weight excluding hydrogens is 712 g/mol. The van der Waals surface area contributed by atoms with Crippen LogP contribution in [0.5, 0.6) is 0 Å². The predicted octanol–water partition coefficient (Wildman–Crippen LogP) is 12.5. The van der Waals surface area contributed by atoms with Crippen LogP contribution in [0, 0.1) is 0 Å². The Morgan fingerprint density at radius 2 is 1.32 bits per heavy atom. The van der Waals surface area contributed by atoms with E-state index in [1.54, 1.807) is 0 Å². The van der Waals surface area contributed by atoms with E-state index < -0.39 is 0 Å². The van der Waals surface area contributed by atoms with Gasteiger partial charge in [0.15, 0.2) is 11.6 Å². The third-order valence-corrected chi connectivity index (χ3v) is 11.5. The second kappa shape index (κ2) is 12.4. The van der Waals surface area contributed by atoms with Crippen LogP contribution in [-0.2, 0) is 5.41 Å². The van der Waals surface area contributed by atoms with Crippen LogP contribution in [0.3, 0.4) is 0 Å². The molecule has 0 spiro atoms. The molecule has 1 unspecified atom stereocenters. The molecule has 0 aliphatic heterocycles. The number of halogens is 1. The summed E-state index contributed by atoms with van der Waals surface area (Å²) in [5.74, 6) is 2.13. The van der Waals surface area contributed by atoms with Gasteiger partial charge in [-0.05, 0) is 81.8 Å². The fourth-order valence-electron chi connectivity index (χ4n) is 8.36. The number of hydrogen-bond acceptors (Lipinski definition) is 3. The van der Waals surface area contributed by atoms with Gasteiger partial charge in [0, 0.05) is 37.7 Å². The zero-order valence-corrected chi connectivity index (χ0v) is 31.0. The number of benzene rings is 6. The summed E-state index contributed by atoms with van der Waals surface area (Å²) in [6.45, 7) is 4.66. The first-order valence-corrected chi connectivity index (χ1v) is 19.0. The summed E-state index contributed by atoms with van der Waals surface area (Å²) in [4.78, 5) is 15.9. The molecule has 2 aromatic heterocycles. The fourth-order valence-corrected chi connectivity index (χ4v) is 8.72. The number of fused-ring (bicyclic) bond motifs is 6. The molecule has 0 amide bonds. The predicted molar refractivity (Wildman–Crippen MR) is 221 cm³/mol. The second-order valence-electron chi connectivity index (χ2n) is 14.6. The van der Waals surface area contributed by atoms with Crippen LogP contribution >= 0.6 is 15.9 Å². The Kier molecular flexibility index (Phi) is 7.41. The number of hydrogen-bond donors (Lipinski definition) is 0. The average molecular weight is 748 g/mol. The zero-order chi connectivity index (χ0) is 35.7. The summed E-state index contributed by atoms with van der Waals surface area (Å²) in [6, 6.07) is 49.8. The van der Waals surface area contributed by atoms with Gasteiger partial charge in [0.1, 0.15) is 0 Å². The molecule has 2 heterocycles. The lowest BCUT2D eigenvalue weighted by Crippen LogP contribution is -2.15. The van der Waals surface area contributed by atoms with Crippen molar-refractivity contribution in [1.29, 1.82) is 0 Å². The van der Waals surface area contributed by atoms with Crippen molar-refractivity contribution >= 4 is 43.3 Å². The van der Waals surface area contributed by atoms with Gasteiger partial charge in [-0.25, -0.2) is 4.98 Å². The molecule has 10 rings (SSSR count). The lowest BCUT2D eigenvalue weighted by molar-refractivity contribution is 0.661. The Labute approximate surface area is 317 Å². The van der Waals surface area contributed by atoms with Crippen LogP contribution in [0.15, 0.2) is 162 Å². The average Bonchev–Trinajstić information content (AvgIpc) is 3.64. The Bertz CT molecular complexity index is 2790. The van der Waals surface area contributed by atoms with Crippen molar-refractivity contribution in [2.45, 2.75) is 31.6 Å². The van der Waals surface area contributed by atoms with Crippen LogP contribution in [-0.4, -0.2) is 19.5 Å². The molecule has 53 heavy (non-hydrogen) atoms. The van der Waals surface area contributed by atoms with Crippen LogP contribution in [0.4, 0.5) is 0 Å². The van der Waals surface area contributed by atoms with Crippen LogP contribution in [0.1, 0.15) is 48.7 Å². The van der Waals surface area contributed by atoms with Crippen molar-refractivity contribution in [2.24, 2.45) is 0 Å². The highest BCUT2D eigenvalue weighted by Crippen LogP contribution is 2.51. The number of allylic oxidation sites excluding steroid dienone is 4. The molecule has 0 N–H and O–H groups in total. The summed E-state index contributed by atoms with van der Waals surface area (Å²) < 4.78 is 3.28. The maximum atomic E-state index is 5.34. The first-order valence-electron chi connectivity index (χ1n) is 18.2. The highest BCUT2D eigenvalue weighted by Gasteiger charge is 2.36. The Balaban J connectivity index is 1.23. The molecule has 0 radical (unpaired) electrons. The number of aromatic nitrogens is 4. The minimum absolute atomic E-state index is 0.153. The molecule has 0 fully saturated rings. The molecule has 2 aliphatic carbocycles. The van der Waals surface area contributed by atoms with Crippen molar-refractivity contribution in [2.75, 3.05) is 0 Å². The van der Waals surface area contributed by atoms with Crippen molar-refractivity contribution in [1.82, 2.24) is 19.5 Å². The van der Waals surface area contributed by atoms with E-state index >= 15 is 0 Å². The molecule has 1 atom stereocenters. The molecule has 5 heteroatoms. The zero-order valence-electron chi connectivity index (χ0n) is 29.5. The molecular formula is C48H35BrN4. The van der Waals surface area contributed by atoms with Crippen molar-refractivity contribution in [3.63, 3.8) is 0 Å². The van der Waals surface area contributed by atoms with Crippen molar-refractivity contribution < 1.29 is 0 Å². The van der Waals surface area contributed by atoms with E-state index in [-0.39, 0.29) is 11.3 Å².